The third-order valence-electron chi connectivity index (χ3n) is 8.87. The van der Waals surface area contributed by atoms with Crippen LogP contribution in [0.4, 0.5) is 20.7 Å². The Labute approximate surface area is 286 Å². The van der Waals surface area contributed by atoms with Crippen LogP contribution in [0, 0.1) is 17.1 Å². The van der Waals surface area contributed by atoms with Gasteiger partial charge in [0.1, 0.15) is 34.8 Å². The Bertz CT molecular complexity index is 1880. The Morgan fingerprint density at radius 3 is 2.18 bits per heavy atom. The Balaban J connectivity index is 1.45. The molecule has 2 aliphatic heterocycles. The first kappa shape index (κ1) is 33.6. The molecule has 11 heteroatoms. The van der Waals surface area contributed by atoms with Crippen molar-refractivity contribution >= 4 is 17.6 Å². The predicted octanol–water partition coefficient (Wildman–Crippen LogP) is 7.40. The van der Waals surface area contributed by atoms with Crippen molar-refractivity contribution in [2.75, 3.05) is 50.7 Å². The van der Waals surface area contributed by atoms with Gasteiger partial charge in [-0.25, -0.2) is 19.2 Å². The van der Waals surface area contributed by atoms with Crippen molar-refractivity contribution in [2.45, 2.75) is 45.9 Å². The summed E-state index contributed by atoms with van der Waals surface area (Å²) in [6, 6.07) is 22.3. The van der Waals surface area contributed by atoms with Gasteiger partial charge in [0.25, 0.3) is 0 Å². The number of hydrogen-bond donors (Lipinski definition) is 1. The second-order valence-electron chi connectivity index (χ2n) is 13.2. The zero-order valence-corrected chi connectivity index (χ0v) is 28.7. The number of methoxy groups -OCH3 is 2. The van der Waals surface area contributed by atoms with E-state index in [4.69, 9.17) is 19.2 Å². The summed E-state index contributed by atoms with van der Waals surface area (Å²) in [5.41, 5.74) is 7.55. The monoisotopic (exact) mass is 664 g/mol. The fourth-order valence-electron chi connectivity index (χ4n) is 6.39. The van der Waals surface area contributed by atoms with E-state index in [1.807, 2.05) is 87.3 Å². The van der Waals surface area contributed by atoms with Crippen LogP contribution < -0.4 is 19.8 Å². The van der Waals surface area contributed by atoms with Crippen molar-refractivity contribution in [1.29, 1.82) is 5.26 Å². The van der Waals surface area contributed by atoms with Crippen LogP contribution in [0.1, 0.15) is 50.4 Å². The maximum absolute atomic E-state index is 16.4. The molecule has 254 valence electrons. The smallest absolute Gasteiger partial charge is 0.410 e. The van der Waals surface area contributed by atoms with Gasteiger partial charge >= 0.3 is 6.09 Å². The van der Waals surface area contributed by atoms with E-state index in [9.17, 15) is 10.1 Å². The number of carbonyl (C=O) groups excluding carboxylic acids is 1. The maximum Gasteiger partial charge on any atom is 0.410 e. The number of nitriles is 1. The number of benzene rings is 3. The molecule has 1 atom stereocenters. The fourth-order valence-corrected chi connectivity index (χ4v) is 6.39. The molecule has 3 heterocycles. The van der Waals surface area contributed by atoms with Crippen molar-refractivity contribution in [2.24, 2.45) is 0 Å². The Morgan fingerprint density at radius 2 is 1.59 bits per heavy atom. The maximum atomic E-state index is 16.4. The van der Waals surface area contributed by atoms with Crippen LogP contribution in [-0.2, 0) is 11.3 Å². The van der Waals surface area contributed by atoms with Crippen LogP contribution in [0.3, 0.4) is 0 Å². The molecule has 0 spiro atoms. The Kier molecular flexibility index (Phi) is 9.35. The number of hydrogen-bond acceptors (Lipinski definition) is 9. The number of ether oxygens (including phenoxy) is 3. The molecule has 2 aliphatic rings. The number of amides is 1. The number of aromatic nitrogens is 1. The lowest BCUT2D eigenvalue weighted by Gasteiger charge is -2.37. The number of rotatable bonds is 7. The van der Waals surface area contributed by atoms with Crippen LogP contribution in [0.15, 0.2) is 66.7 Å². The van der Waals surface area contributed by atoms with E-state index in [1.54, 1.807) is 25.2 Å². The second-order valence-corrected chi connectivity index (χ2v) is 13.2. The first-order chi connectivity index (χ1) is 23.5. The normalized spacial score (nSPS) is 16.1. The minimum absolute atomic E-state index is 0.270. The Morgan fingerprint density at radius 1 is 0.959 bits per heavy atom. The highest BCUT2D eigenvalue weighted by Gasteiger charge is 2.37. The third-order valence-corrected chi connectivity index (χ3v) is 8.87. The van der Waals surface area contributed by atoms with E-state index in [2.05, 4.69) is 16.4 Å². The molecule has 4 aromatic rings. The summed E-state index contributed by atoms with van der Waals surface area (Å²) >= 11 is 0. The lowest BCUT2D eigenvalue weighted by atomic mass is 9.88. The summed E-state index contributed by atoms with van der Waals surface area (Å²) in [6.07, 6.45) is -0.369. The van der Waals surface area contributed by atoms with Gasteiger partial charge in [-0.3, -0.25) is 0 Å². The molecule has 6 rings (SSSR count). The van der Waals surface area contributed by atoms with Crippen molar-refractivity contribution < 1.29 is 23.4 Å². The summed E-state index contributed by atoms with van der Waals surface area (Å²) in [5.74, 6) is 1.55. The summed E-state index contributed by atoms with van der Waals surface area (Å²) in [6.45, 7) is 9.83. The second kappa shape index (κ2) is 13.6. The molecule has 0 aliphatic carbocycles. The molecule has 0 saturated carbocycles. The van der Waals surface area contributed by atoms with Gasteiger partial charge in [0.05, 0.1) is 31.5 Å². The van der Waals surface area contributed by atoms with Gasteiger partial charge < -0.3 is 29.4 Å². The first-order valence-corrected chi connectivity index (χ1v) is 16.3. The summed E-state index contributed by atoms with van der Waals surface area (Å²) in [4.78, 5) is 21.6. The van der Waals surface area contributed by atoms with Gasteiger partial charge in [-0.05, 0) is 81.8 Å². The number of anilines is 2. The number of fused-ring (bicyclic) bond motifs is 1. The number of nitrogens with one attached hydrogen (secondary N) is 1. The molecule has 1 saturated heterocycles. The minimum Gasteiger partial charge on any atom is -0.497 e. The molecule has 49 heavy (non-hydrogen) atoms. The molecule has 1 unspecified atom stereocenters. The highest BCUT2D eigenvalue weighted by Crippen LogP contribution is 2.48. The molecule has 10 nitrogen and oxygen atoms in total. The molecule has 3 aromatic carbocycles. The zero-order chi connectivity index (χ0) is 34.9. The number of halogens is 1. The number of pyridine rings is 1. The van der Waals surface area contributed by atoms with Crippen molar-refractivity contribution in [3.63, 3.8) is 0 Å². The predicted molar refractivity (Wildman–Crippen MR) is 187 cm³/mol. The number of piperazine rings is 1. The van der Waals surface area contributed by atoms with Crippen LogP contribution in [0.2, 0.25) is 0 Å². The number of hydrazine groups is 1. The van der Waals surface area contributed by atoms with Gasteiger partial charge in [0.2, 0.25) is 0 Å². The lowest BCUT2D eigenvalue weighted by molar-refractivity contribution is 0.0240. The minimum atomic E-state index is -0.604. The zero-order valence-electron chi connectivity index (χ0n) is 28.7. The van der Waals surface area contributed by atoms with E-state index in [0.717, 1.165) is 16.9 Å². The van der Waals surface area contributed by atoms with E-state index in [-0.39, 0.29) is 17.7 Å². The standard InChI is InChI=1S/C38H41FN6O4/c1-24-32-33(34-30(39)8-7-9-31(34)43-18-20-44(21-19-43)37(46)49-38(2,3)4)29(22-40)35(26-12-16-28(48-6)17-13-26)41-36(32)42-45(24)23-25-10-14-27(47-5)15-11-25/h7-17,24H,18-21,23H2,1-6H3,(H,41,42). The van der Waals surface area contributed by atoms with Crippen molar-refractivity contribution in [3.8, 4) is 40.0 Å². The van der Waals surface area contributed by atoms with Gasteiger partial charge in [0.15, 0.2) is 0 Å². The molecule has 0 bridgehead atoms. The Hall–Kier alpha value is -5.34. The first-order valence-electron chi connectivity index (χ1n) is 16.3. The largest absolute Gasteiger partial charge is 0.497 e. The van der Waals surface area contributed by atoms with E-state index < -0.39 is 11.4 Å². The average Bonchev–Trinajstić information content (AvgIpc) is 3.41. The molecule has 1 amide bonds. The van der Waals surface area contributed by atoms with Crippen LogP contribution in [0.25, 0.3) is 22.4 Å². The lowest BCUT2D eigenvalue weighted by Crippen LogP contribution is -2.50. The molecule has 1 fully saturated rings. The SMILES string of the molecule is COc1ccc(CN2Nc3nc(-c4ccc(OC)cc4)c(C#N)c(-c4c(F)cccc4N4CCN(C(=O)OC(C)(C)C)CC4)c3C2C)cc1. The van der Waals surface area contributed by atoms with Crippen molar-refractivity contribution in [3.05, 3.63) is 89.2 Å². The van der Waals surface area contributed by atoms with E-state index in [1.165, 1.54) is 6.07 Å². The summed E-state index contributed by atoms with van der Waals surface area (Å²) in [5, 5.41) is 12.9. The number of carbonyl (C=O) groups is 1. The van der Waals surface area contributed by atoms with Crippen LogP contribution in [-0.4, -0.2) is 67.0 Å². The molecule has 0 radical (unpaired) electrons. The summed E-state index contributed by atoms with van der Waals surface area (Å²) in [7, 11) is 3.23. The van der Waals surface area contributed by atoms with Gasteiger partial charge in [-0.1, -0.05) is 18.2 Å². The summed E-state index contributed by atoms with van der Waals surface area (Å²) < 4.78 is 32.7. The molecule has 1 aromatic heterocycles. The highest BCUT2D eigenvalue weighted by atomic mass is 19.1. The fraction of sp³-hybridized carbons (Fsp3) is 0.342. The van der Waals surface area contributed by atoms with Crippen LogP contribution >= 0.6 is 0 Å². The quantitative estimate of drug-likeness (QED) is 0.216. The third kappa shape index (κ3) is 6.82. The van der Waals surface area contributed by atoms with E-state index >= 15 is 4.39 Å². The van der Waals surface area contributed by atoms with E-state index in [0.29, 0.717) is 72.4 Å². The van der Waals surface area contributed by atoms with Crippen LogP contribution in [0.5, 0.6) is 11.5 Å². The topological polar surface area (TPSA) is 103 Å². The highest BCUT2D eigenvalue weighted by molar-refractivity contribution is 5.92. The van der Waals surface area contributed by atoms with Gasteiger partial charge in [-0.15, -0.1) is 0 Å². The molecular formula is C38H41FN6O4. The van der Waals surface area contributed by atoms with Gasteiger partial charge in [-0.2, -0.15) is 5.26 Å². The molecular weight excluding hydrogens is 623 g/mol. The number of nitrogens with zero attached hydrogens (tertiary/aromatic N) is 5. The molecule has 1 N–H and O–H groups in total. The average molecular weight is 665 g/mol. The van der Waals surface area contributed by atoms with Crippen molar-refractivity contribution in [1.82, 2.24) is 14.9 Å². The van der Waals surface area contributed by atoms with Gasteiger partial charge in [0, 0.05) is 60.7 Å².